The quantitative estimate of drug-likeness (QED) is 0.294. The third-order valence-electron chi connectivity index (χ3n) is 0.213. The second-order valence-corrected chi connectivity index (χ2v) is 3.68. The first kappa shape index (κ1) is 18.4. The van der Waals surface area contributed by atoms with E-state index in [1.807, 2.05) is 0 Å². The van der Waals surface area contributed by atoms with Gasteiger partial charge < -0.3 is 21.0 Å². The van der Waals surface area contributed by atoms with Gasteiger partial charge in [-0.1, -0.05) is 0 Å². The molecule has 0 amide bonds. The molecule has 66 valence electrons. The third kappa shape index (κ3) is 18.5. The Balaban J connectivity index is -0.000000107. The van der Waals surface area contributed by atoms with Gasteiger partial charge in [-0.25, -0.2) is 9.13 Å². The predicted octanol–water partition coefficient (Wildman–Crippen LogP) is -3.27. The van der Waals surface area contributed by atoms with Crippen molar-refractivity contribution in [2.45, 2.75) is 0 Å². The van der Waals surface area contributed by atoms with Crippen LogP contribution in [0.4, 0.5) is 0 Å². The minimum Gasteiger partial charge on any atom is -1.00 e. The molecule has 0 aliphatic rings. The Bertz CT molecular complexity index is 162. The van der Waals surface area contributed by atoms with Crippen molar-refractivity contribution in [3.63, 3.8) is 0 Å². The van der Waals surface area contributed by atoms with E-state index in [0.717, 1.165) is 0 Å². The molecule has 0 aromatic rings. The summed E-state index contributed by atoms with van der Waals surface area (Å²) < 4.78 is 22.2. The first-order valence-corrected chi connectivity index (χ1v) is 4.59. The van der Waals surface area contributed by atoms with E-state index in [2.05, 4.69) is 4.31 Å². The monoisotopic (exact) mass is 238 g/mol. The van der Waals surface area contributed by atoms with Crippen LogP contribution in [0.15, 0.2) is 0 Å². The van der Waals surface area contributed by atoms with Gasteiger partial charge in [-0.3, -0.25) is 0 Å². The molecule has 0 rings (SSSR count). The summed E-state index contributed by atoms with van der Waals surface area (Å²) in [5.74, 6) is 0. The van der Waals surface area contributed by atoms with Gasteiger partial charge >= 0.3 is 45.2 Å². The van der Waals surface area contributed by atoms with Crippen molar-refractivity contribution in [3.8, 4) is 0 Å². The van der Waals surface area contributed by atoms with Gasteiger partial charge in [0.1, 0.15) is 0 Å². The van der Waals surface area contributed by atoms with Crippen LogP contribution in [0.3, 0.4) is 0 Å². The van der Waals surface area contributed by atoms with E-state index in [9.17, 15) is 9.13 Å². The zero-order chi connectivity index (χ0) is 7.71. The fourth-order valence-electron chi connectivity index (χ4n) is 0.139. The van der Waals surface area contributed by atoms with Crippen LogP contribution in [0, 0.1) is 0 Å². The second kappa shape index (κ2) is 6.07. The summed E-state index contributed by atoms with van der Waals surface area (Å²) in [6.07, 6.45) is 0. The molecule has 0 aromatic heterocycles. The summed E-state index contributed by atoms with van der Waals surface area (Å²) in [6, 6.07) is 0. The Labute approximate surface area is 91.8 Å². The Morgan fingerprint density at radius 1 is 1.00 bits per heavy atom. The Morgan fingerprint density at radius 3 is 1.18 bits per heavy atom. The molecule has 0 radical (unpaired) electrons. The molecule has 0 bridgehead atoms. The normalized spacial score (nSPS) is 11.3. The number of halogens is 1. The molecule has 0 aliphatic carbocycles. The summed E-state index contributed by atoms with van der Waals surface area (Å²) in [5.41, 5.74) is 0. The van der Waals surface area contributed by atoms with Crippen molar-refractivity contribution in [2.24, 2.45) is 0 Å². The topological polar surface area (TPSA) is 124 Å². The Kier molecular flexibility index (Phi) is 10.1. The molecule has 0 unspecified atom stereocenters. The number of hydrogen-bond acceptors (Lipinski definition) is 3. The van der Waals surface area contributed by atoms with Crippen LogP contribution < -0.4 is 29.6 Å². The van der Waals surface area contributed by atoms with Gasteiger partial charge in [-0.2, -0.15) is 4.31 Å². The predicted molar refractivity (Wildman–Crippen MR) is 33.5 cm³/mol. The maximum Gasteiger partial charge on any atom is 1.00 e. The zero-order valence-electron chi connectivity index (χ0n) is 6.32. The molecule has 0 aliphatic heterocycles. The van der Waals surface area contributed by atoms with E-state index in [-0.39, 0.29) is 43.4 Å². The maximum absolute atomic E-state index is 9.63. The SMILES string of the molecule is Cl.O=P(O)(O)OP(=O)(O)O.[H-].[Na+]. The first-order valence-electron chi connectivity index (χ1n) is 1.53. The third-order valence-corrected chi connectivity index (χ3v) is 1.91. The molecule has 11 heteroatoms. The van der Waals surface area contributed by atoms with E-state index in [1.165, 1.54) is 0 Å². The first-order chi connectivity index (χ1) is 3.71. The fraction of sp³-hybridized carbons (Fsp3) is 0. The summed E-state index contributed by atoms with van der Waals surface area (Å²) in [4.78, 5) is 31.0. The molecule has 0 spiro atoms. The Hall–Kier alpha value is 1.55. The van der Waals surface area contributed by atoms with Crippen molar-refractivity contribution in [1.29, 1.82) is 0 Å². The summed E-state index contributed by atoms with van der Waals surface area (Å²) in [7, 11) is -10.1. The van der Waals surface area contributed by atoms with Crippen molar-refractivity contribution in [3.05, 3.63) is 0 Å². The summed E-state index contributed by atoms with van der Waals surface area (Å²) in [5, 5.41) is 0. The molecule has 11 heavy (non-hydrogen) atoms. The van der Waals surface area contributed by atoms with Crippen molar-refractivity contribution in [2.75, 3.05) is 0 Å². The molecule has 0 aromatic carbocycles. The minimum atomic E-state index is -5.05. The average molecular weight is 238 g/mol. The van der Waals surface area contributed by atoms with E-state index in [0.29, 0.717) is 0 Å². The van der Waals surface area contributed by atoms with Gasteiger partial charge in [-0.05, 0) is 0 Å². The van der Waals surface area contributed by atoms with Crippen LogP contribution >= 0.6 is 28.1 Å². The van der Waals surface area contributed by atoms with E-state index in [1.54, 1.807) is 0 Å². The minimum absolute atomic E-state index is 0. The van der Waals surface area contributed by atoms with Crippen LogP contribution in [0.25, 0.3) is 0 Å². The fourth-order valence-corrected chi connectivity index (χ4v) is 1.25. The number of hydrogen-bond donors (Lipinski definition) is 4. The molecule has 7 nitrogen and oxygen atoms in total. The van der Waals surface area contributed by atoms with Gasteiger partial charge in [0.2, 0.25) is 0 Å². The molecule has 0 saturated carbocycles. The van der Waals surface area contributed by atoms with Crippen LogP contribution in [-0.4, -0.2) is 19.6 Å². The van der Waals surface area contributed by atoms with E-state index < -0.39 is 15.6 Å². The standard InChI is InChI=1S/ClH.Na.H4O7P2.H/c;;1-8(2,3)7-9(4,5)6;/h1H;;(H2,1,2,3)(H2,4,5,6);/q;+1;;-1. The largest absolute Gasteiger partial charge is 1.00 e. The van der Waals surface area contributed by atoms with Crippen molar-refractivity contribution < 1.29 is 64.0 Å². The molecular weight excluding hydrogens is 232 g/mol. The molecule has 4 N–H and O–H groups in total. The smallest absolute Gasteiger partial charge is 1.00 e. The second-order valence-electron chi connectivity index (χ2n) is 1.06. The van der Waals surface area contributed by atoms with Crippen LogP contribution in [-0.2, 0) is 13.4 Å². The molecule has 0 saturated heterocycles. The van der Waals surface area contributed by atoms with Crippen LogP contribution in [0.1, 0.15) is 1.43 Å². The number of rotatable bonds is 2. The van der Waals surface area contributed by atoms with E-state index in [4.69, 9.17) is 19.6 Å². The van der Waals surface area contributed by atoms with Gasteiger partial charge in [0.25, 0.3) is 0 Å². The average Bonchev–Trinajstić information content (AvgIpc) is 1.14. The van der Waals surface area contributed by atoms with Crippen molar-refractivity contribution in [1.82, 2.24) is 0 Å². The van der Waals surface area contributed by atoms with Crippen LogP contribution in [0.5, 0.6) is 0 Å². The van der Waals surface area contributed by atoms with Gasteiger partial charge in [-0.15, -0.1) is 12.4 Å². The molecular formula is H6ClNaO7P2. The van der Waals surface area contributed by atoms with E-state index >= 15 is 0 Å². The Morgan fingerprint density at radius 2 is 1.18 bits per heavy atom. The summed E-state index contributed by atoms with van der Waals surface area (Å²) >= 11 is 0. The summed E-state index contributed by atoms with van der Waals surface area (Å²) in [6.45, 7) is 0. The zero-order valence-corrected chi connectivity index (χ0v) is 9.92. The molecule has 0 atom stereocenters. The molecule has 0 fully saturated rings. The number of phosphoric acid groups is 2. The van der Waals surface area contributed by atoms with Gasteiger partial charge in [0, 0.05) is 0 Å². The van der Waals surface area contributed by atoms with Crippen LogP contribution in [0.2, 0.25) is 0 Å². The van der Waals surface area contributed by atoms with Crippen molar-refractivity contribution >= 4 is 28.1 Å². The molecule has 0 heterocycles. The maximum atomic E-state index is 9.63. The van der Waals surface area contributed by atoms with Gasteiger partial charge in [0.05, 0.1) is 0 Å². The van der Waals surface area contributed by atoms with Gasteiger partial charge in [0.15, 0.2) is 0 Å².